The number of amides is 1. The minimum absolute atomic E-state index is 0.178. The Morgan fingerprint density at radius 3 is 2.34 bits per heavy atom. The van der Waals surface area contributed by atoms with Crippen LogP contribution < -0.4 is 5.32 Å². The summed E-state index contributed by atoms with van der Waals surface area (Å²) in [7, 11) is 1.30. The molecule has 7 heteroatoms. The van der Waals surface area contributed by atoms with Gasteiger partial charge < -0.3 is 14.8 Å². The fourth-order valence-electron chi connectivity index (χ4n) is 3.03. The van der Waals surface area contributed by atoms with Gasteiger partial charge in [-0.25, -0.2) is 14.6 Å². The average molecular weight is 392 g/mol. The number of nitrogens with one attached hydrogen (secondary N) is 1. The first kappa shape index (κ1) is 20.0. The molecule has 0 saturated heterocycles. The number of benzene rings is 2. The predicted molar refractivity (Wildman–Crippen MR) is 108 cm³/mol. The van der Waals surface area contributed by atoms with E-state index in [4.69, 9.17) is 9.47 Å². The SMILES string of the molecule is COC(=O)c1c(COC(=O)c2ccc(NC(C)=O)cc2)nc2ccccc2c1C. The Balaban J connectivity index is 1.85. The van der Waals surface area contributed by atoms with Crippen molar-refractivity contribution in [1.29, 1.82) is 0 Å². The maximum atomic E-state index is 12.4. The molecule has 0 aliphatic carbocycles. The Labute approximate surface area is 167 Å². The first-order valence-corrected chi connectivity index (χ1v) is 8.92. The van der Waals surface area contributed by atoms with E-state index in [1.807, 2.05) is 31.2 Å². The lowest BCUT2D eigenvalue weighted by Crippen LogP contribution is -2.14. The van der Waals surface area contributed by atoms with Crippen LogP contribution >= 0.6 is 0 Å². The molecule has 0 aliphatic heterocycles. The quantitative estimate of drug-likeness (QED) is 0.666. The summed E-state index contributed by atoms with van der Waals surface area (Å²) in [5.74, 6) is -1.30. The van der Waals surface area contributed by atoms with E-state index in [0.29, 0.717) is 33.6 Å². The van der Waals surface area contributed by atoms with Gasteiger partial charge in [0.05, 0.1) is 29.4 Å². The van der Waals surface area contributed by atoms with Gasteiger partial charge in [-0.1, -0.05) is 18.2 Å². The molecule has 3 rings (SSSR count). The van der Waals surface area contributed by atoms with E-state index in [9.17, 15) is 14.4 Å². The second kappa shape index (κ2) is 8.52. The number of aromatic nitrogens is 1. The normalized spacial score (nSPS) is 10.4. The number of aryl methyl sites for hydroxylation is 1. The maximum Gasteiger partial charge on any atom is 0.340 e. The smallest absolute Gasteiger partial charge is 0.340 e. The number of anilines is 1. The average Bonchev–Trinajstić information content (AvgIpc) is 2.71. The molecule has 1 heterocycles. The van der Waals surface area contributed by atoms with Gasteiger partial charge in [-0.3, -0.25) is 4.79 Å². The lowest BCUT2D eigenvalue weighted by atomic mass is 10.0. The van der Waals surface area contributed by atoms with Gasteiger partial charge in [-0.05, 0) is 42.8 Å². The fourth-order valence-corrected chi connectivity index (χ4v) is 3.03. The molecule has 2 aromatic carbocycles. The third-order valence-corrected chi connectivity index (χ3v) is 4.40. The molecule has 0 unspecified atom stereocenters. The van der Waals surface area contributed by atoms with Crippen LogP contribution in [0.15, 0.2) is 48.5 Å². The number of carbonyl (C=O) groups excluding carboxylic acids is 3. The highest BCUT2D eigenvalue weighted by molar-refractivity contribution is 5.98. The van der Waals surface area contributed by atoms with Crippen molar-refractivity contribution in [3.63, 3.8) is 0 Å². The fraction of sp³-hybridized carbons (Fsp3) is 0.182. The molecule has 0 radical (unpaired) electrons. The van der Waals surface area contributed by atoms with Crippen molar-refractivity contribution in [2.45, 2.75) is 20.5 Å². The number of pyridine rings is 1. The van der Waals surface area contributed by atoms with Gasteiger partial charge in [0, 0.05) is 18.0 Å². The Morgan fingerprint density at radius 1 is 1.00 bits per heavy atom. The van der Waals surface area contributed by atoms with E-state index in [0.717, 1.165) is 5.39 Å². The lowest BCUT2D eigenvalue weighted by Gasteiger charge is -2.13. The van der Waals surface area contributed by atoms with Crippen LogP contribution in [0.2, 0.25) is 0 Å². The molecular formula is C22H20N2O5. The zero-order chi connectivity index (χ0) is 21.0. The zero-order valence-corrected chi connectivity index (χ0v) is 16.3. The van der Waals surface area contributed by atoms with E-state index in [2.05, 4.69) is 10.3 Å². The molecule has 0 atom stereocenters. The topological polar surface area (TPSA) is 94.6 Å². The van der Waals surface area contributed by atoms with Gasteiger partial charge in [0.15, 0.2) is 0 Å². The summed E-state index contributed by atoms with van der Waals surface area (Å²) in [6.45, 7) is 3.03. The van der Waals surface area contributed by atoms with Crippen molar-refractivity contribution in [3.8, 4) is 0 Å². The van der Waals surface area contributed by atoms with Crippen LogP contribution in [0.1, 0.15) is 38.9 Å². The Morgan fingerprint density at radius 2 is 1.69 bits per heavy atom. The number of rotatable bonds is 5. The number of fused-ring (bicyclic) bond motifs is 1. The van der Waals surface area contributed by atoms with Gasteiger partial charge in [0.2, 0.25) is 5.91 Å². The molecule has 29 heavy (non-hydrogen) atoms. The molecule has 0 spiro atoms. The van der Waals surface area contributed by atoms with E-state index in [1.54, 1.807) is 24.3 Å². The molecule has 7 nitrogen and oxygen atoms in total. The highest BCUT2D eigenvalue weighted by atomic mass is 16.5. The summed E-state index contributed by atoms with van der Waals surface area (Å²) in [4.78, 5) is 40.3. The van der Waals surface area contributed by atoms with Gasteiger partial charge in [-0.15, -0.1) is 0 Å². The number of carbonyl (C=O) groups is 3. The maximum absolute atomic E-state index is 12.4. The molecule has 3 aromatic rings. The number of hydrogen-bond acceptors (Lipinski definition) is 6. The number of nitrogens with zero attached hydrogens (tertiary/aromatic N) is 1. The van der Waals surface area contributed by atoms with Crippen LogP contribution in [-0.2, 0) is 20.9 Å². The molecule has 1 N–H and O–H groups in total. The van der Waals surface area contributed by atoms with Crippen molar-refractivity contribution in [3.05, 3.63) is 70.9 Å². The summed E-state index contributed by atoms with van der Waals surface area (Å²) in [5.41, 5.74) is 2.93. The number of para-hydroxylation sites is 1. The van der Waals surface area contributed by atoms with Gasteiger partial charge in [0.1, 0.15) is 6.61 Å². The first-order valence-electron chi connectivity index (χ1n) is 8.92. The molecule has 1 amide bonds. The molecule has 148 valence electrons. The number of esters is 2. The largest absolute Gasteiger partial charge is 0.465 e. The number of hydrogen-bond donors (Lipinski definition) is 1. The molecule has 1 aromatic heterocycles. The summed E-state index contributed by atoms with van der Waals surface area (Å²) in [6, 6.07) is 13.7. The Hall–Kier alpha value is -3.74. The third-order valence-electron chi connectivity index (χ3n) is 4.40. The van der Waals surface area contributed by atoms with E-state index >= 15 is 0 Å². The molecular weight excluding hydrogens is 372 g/mol. The van der Waals surface area contributed by atoms with Crippen molar-refractivity contribution < 1.29 is 23.9 Å². The van der Waals surface area contributed by atoms with Crippen molar-refractivity contribution in [2.75, 3.05) is 12.4 Å². The highest BCUT2D eigenvalue weighted by Gasteiger charge is 2.20. The van der Waals surface area contributed by atoms with E-state index in [1.165, 1.54) is 14.0 Å². The predicted octanol–water partition coefficient (Wildman–Crippen LogP) is 3.65. The minimum Gasteiger partial charge on any atom is -0.465 e. The van der Waals surface area contributed by atoms with Crippen LogP contribution in [0.5, 0.6) is 0 Å². The van der Waals surface area contributed by atoms with Crippen LogP contribution in [-0.4, -0.2) is 29.9 Å². The van der Waals surface area contributed by atoms with Crippen molar-refractivity contribution in [1.82, 2.24) is 4.98 Å². The lowest BCUT2D eigenvalue weighted by molar-refractivity contribution is -0.114. The van der Waals surface area contributed by atoms with E-state index in [-0.39, 0.29) is 12.5 Å². The van der Waals surface area contributed by atoms with Crippen LogP contribution in [0.3, 0.4) is 0 Å². The summed E-state index contributed by atoms with van der Waals surface area (Å²) >= 11 is 0. The van der Waals surface area contributed by atoms with Gasteiger partial charge in [-0.2, -0.15) is 0 Å². The zero-order valence-electron chi connectivity index (χ0n) is 16.3. The summed E-state index contributed by atoms with van der Waals surface area (Å²) < 4.78 is 10.3. The molecule has 0 bridgehead atoms. The van der Waals surface area contributed by atoms with Crippen LogP contribution in [0.4, 0.5) is 5.69 Å². The monoisotopic (exact) mass is 392 g/mol. The highest BCUT2D eigenvalue weighted by Crippen LogP contribution is 2.24. The van der Waals surface area contributed by atoms with Crippen LogP contribution in [0, 0.1) is 6.92 Å². The van der Waals surface area contributed by atoms with Crippen LogP contribution in [0.25, 0.3) is 10.9 Å². The molecule has 0 aliphatic rings. The Kier molecular flexibility index (Phi) is 5.87. The second-order valence-corrected chi connectivity index (χ2v) is 6.40. The molecule has 0 saturated carbocycles. The van der Waals surface area contributed by atoms with Gasteiger partial charge >= 0.3 is 11.9 Å². The first-order chi connectivity index (χ1) is 13.9. The summed E-state index contributed by atoms with van der Waals surface area (Å²) in [5, 5.41) is 3.46. The van der Waals surface area contributed by atoms with Crippen molar-refractivity contribution in [2.24, 2.45) is 0 Å². The minimum atomic E-state index is -0.567. The Bertz CT molecular complexity index is 1090. The second-order valence-electron chi connectivity index (χ2n) is 6.40. The van der Waals surface area contributed by atoms with E-state index < -0.39 is 11.9 Å². The summed E-state index contributed by atoms with van der Waals surface area (Å²) in [6.07, 6.45) is 0. The van der Waals surface area contributed by atoms with Gasteiger partial charge in [0.25, 0.3) is 0 Å². The number of methoxy groups -OCH3 is 1. The molecule has 0 fully saturated rings. The third kappa shape index (κ3) is 4.40. The van der Waals surface area contributed by atoms with Crippen molar-refractivity contribution >= 4 is 34.4 Å². The standard InChI is InChI=1S/C22H20N2O5/c1-13-17-6-4-5-7-18(17)24-19(20(13)22(27)28-3)12-29-21(26)15-8-10-16(11-9-15)23-14(2)25/h4-11H,12H2,1-3H3,(H,23,25). The number of ether oxygens (including phenoxy) is 2.